The second-order valence-electron chi connectivity index (χ2n) is 3.18. The number of hydrogen-bond acceptors (Lipinski definition) is 5. The molecule has 1 rings (SSSR count). The van der Waals surface area contributed by atoms with Crippen molar-refractivity contribution in [1.82, 2.24) is 0 Å². The largest absolute Gasteiger partial charge is 0.453 e. The molecule has 0 aliphatic rings. The predicted octanol–water partition coefficient (Wildman–Crippen LogP) is 0.482. The Hall–Kier alpha value is -1.88. The third-order valence-electron chi connectivity index (χ3n) is 1.68. The number of ether oxygens (including phenoxy) is 2. The summed E-state index contributed by atoms with van der Waals surface area (Å²) in [5.74, 6) is -0.866. The van der Waals surface area contributed by atoms with Gasteiger partial charge in [-0.1, -0.05) is 18.2 Å². The third kappa shape index (κ3) is 4.10. The zero-order valence-electron chi connectivity index (χ0n) is 8.88. The number of rotatable bonds is 4. The molecule has 0 fully saturated rings. The monoisotopic (exact) mass is 223 g/mol. The maximum absolute atomic E-state index is 11.2. The van der Waals surface area contributed by atoms with Crippen LogP contribution in [0.3, 0.4) is 0 Å². The summed E-state index contributed by atoms with van der Waals surface area (Å²) in [6.45, 7) is 1.04. The molecule has 0 spiro atoms. The van der Waals surface area contributed by atoms with Gasteiger partial charge in [-0.05, 0) is 19.1 Å². The molecule has 5 nitrogen and oxygen atoms in total. The lowest BCUT2D eigenvalue weighted by Crippen LogP contribution is -2.31. The summed E-state index contributed by atoms with van der Waals surface area (Å²) >= 11 is 0. The molecule has 0 heterocycles. The molecule has 0 aliphatic carbocycles. The van der Waals surface area contributed by atoms with E-state index in [1.165, 1.54) is 6.92 Å². The fourth-order valence-electron chi connectivity index (χ4n) is 0.911. The smallest absolute Gasteiger partial charge is 0.349 e. The summed E-state index contributed by atoms with van der Waals surface area (Å²) < 4.78 is 9.49. The topological polar surface area (TPSA) is 78.6 Å². The molecule has 0 saturated carbocycles. The van der Waals surface area contributed by atoms with Gasteiger partial charge < -0.3 is 15.2 Å². The van der Waals surface area contributed by atoms with E-state index < -0.39 is 24.6 Å². The number of nitrogens with two attached hydrogens (primary N) is 1. The molecule has 0 unspecified atom stereocenters. The van der Waals surface area contributed by atoms with Crippen LogP contribution < -0.4 is 10.5 Å². The highest BCUT2D eigenvalue weighted by atomic mass is 16.6. The first-order chi connectivity index (χ1) is 7.59. The van der Waals surface area contributed by atoms with E-state index in [1.54, 1.807) is 30.3 Å². The maximum atomic E-state index is 11.2. The van der Waals surface area contributed by atoms with E-state index in [4.69, 9.17) is 10.5 Å². The SMILES string of the molecule is C[C@H](N)C(=O)OCC(=O)Oc1ccccc1. The highest BCUT2D eigenvalue weighted by Crippen LogP contribution is 2.08. The van der Waals surface area contributed by atoms with Crippen LogP contribution in [0.25, 0.3) is 0 Å². The summed E-state index contributed by atoms with van der Waals surface area (Å²) in [6, 6.07) is 7.78. The van der Waals surface area contributed by atoms with Gasteiger partial charge in [0.2, 0.25) is 0 Å². The van der Waals surface area contributed by atoms with E-state index in [-0.39, 0.29) is 0 Å². The molecule has 0 aliphatic heterocycles. The van der Waals surface area contributed by atoms with Crippen LogP contribution >= 0.6 is 0 Å². The summed E-state index contributed by atoms with van der Waals surface area (Å²) in [4.78, 5) is 22.1. The molecular formula is C11H13NO4. The maximum Gasteiger partial charge on any atom is 0.349 e. The molecule has 0 aromatic heterocycles. The average Bonchev–Trinajstić information content (AvgIpc) is 2.27. The van der Waals surface area contributed by atoms with Crippen molar-refractivity contribution in [3.8, 4) is 5.75 Å². The lowest BCUT2D eigenvalue weighted by Gasteiger charge is -2.06. The van der Waals surface area contributed by atoms with E-state index in [1.807, 2.05) is 0 Å². The van der Waals surface area contributed by atoms with Gasteiger partial charge in [-0.2, -0.15) is 0 Å². The summed E-state index contributed by atoms with van der Waals surface area (Å²) in [7, 11) is 0. The van der Waals surface area contributed by atoms with E-state index in [2.05, 4.69) is 4.74 Å². The Labute approximate surface area is 93.1 Å². The highest BCUT2D eigenvalue weighted by molar-refractivity contribution is 5.80. The number of benzene rings is 1. The Kier molecular flexibility index (Phi) is 4.47. The van der Waals surface area contributed by atoms with Crippen molar-refractivity contribution in [1.29, 1.82) is 0 Å². The lowest BCUT2D eigenvalue weighted by atomic mass is 10.3. The summed E-state index contributed by atoms with van der Waals surface area (Å²) in [5, 5.41) is 0. The molecule has 0 saturated heterocycles. The average molecular weight is 223 g/mol. The quantitative estimate of drug-likeness (QED) is 0.593. The van der Waals surface area contributed by atoms with Crippen molar-refractivity contribution in [2.45, 2.75) is 13.0 Å². The van der Waals surface area contributed by atoms with Crippen molar-refractivity contribution in [2.75, 3.05) is 6.61 Å². The van der Waals surface area contributed by atoms with Gasteiger partial charge in [0.1, 0.15) is 11.8 Å². The van der Waals surface area contributed by atoms with Crippen LogP contribution in [0.4, 0.5) is 0 Å². The second-order valence-corrected chi connectivity index (χ2v) is 3.18. The molecule has 1 atom stereocenters. The number of esters is 2. The summed E-state index contributed by atoms with van der Waals surface area (Å²) in [6.07, 6.45) is 0. The number of carbonyl (C=O) groups is 2. The lowest BCUT2D eigenvalue weighted by molar-refractivity contribution is -0.154. The van der Waals surface area contributed by atoms with Crippen LogP contribution in [-0.2, 0) is 14.3 Å². The van der Waals surface area contributed by atoms with Crippen molar-refractivity contribution in [2.24, 2.45) is 5.73 Å². The third-order valence-corrected chi connectivity index (χ3v) is 1.68. The Morgan fingerprint density at radius 1 is 1.31 bits per heavy atom. The van der Waals surface area contributed by atoms with E-state index in [9.17, 15) is 9.59 Å². The molecule has 5 heteroatoms. The van der Waals surface area contributed by atoms with Gasteiger partial charge in [0.05, 0.1) is 0 Å². The molecular weight excluding hydrogens is 210 g/mol. The minimum atomic E-state index is -0.746. The van der Waals surface area contributed by atoms with E-state index in [0.29, 0.717) is 5.75 Å². The Morgan fingerprint density at radius 3 is 2.50 bits per heavy atom. The van der Waals surface area contributed by atoms with Gasteiger partial charge in [0, 0.05) is 0 Å². The molecule has 0 bridgehead atoms. The Balaban J connectivity index is 2.35. The number of carbonyl (C=O) groups excluding carboxylic acids is 2. The Bertz CT molecular complexity index is 362. The predicted molar refractivity (Wildman–Crippen MR) is 56.7 cm³/mol. The minimum Gasteiger partial charge on any atom is -0.453 e. The van der Waals surface area contributed by atoms with Crippen LogP contribution in [0, 0.1) is 0 Å². The fraction of sp³-hybridized carbons (Fsp3) is 0.273. The number of para-hydroxylation sites is 1. The van der Waals surface area contributed by atoms with Crippen molar-refractivity contribution in [3.63, 3.8) is 0 Å². The standard InChI is InChI=1S/C11H13NO4/c1-8(12)11(14)15-7-10(13)16-9-5-3-2-4-6-9/h2-6,8H,7,12H2,1H3/t8-/m0/s1. The minimum absolute atomic E-state index is 0.407. The molecule has 0 radical (unpaired) electrons. The van der Waals surface area contributed by atoms with Gasteiger partial charge in [0.15, 0.2) is 6.61 Å². The van der Waals surface area contributed by atoms with Crippen LogP contribution in [0.2, 0.25) is 0 Å². The van der Waals surface area contributed by atoms with Gasteiger partial charge in [-0.25, -0.2) is 4.79 Å². The first-order valence-corrected chi connectivity index (χ1v) is 4.77. The zero-order chi connectivity index (χ0) is 12.0. The molecule has 16 heavy (non-hydrogen) atoms. The van der Waals surface area contributed by atoms with Crippen molar-refractivity contribution >= 4 is 11.9 Å². The van der Waals surface area contributed by atoms with E-state index >= 15 is 0 Å². The molecule has 2 N–H and O–H groups in total. The highest BCUT2D eigenvalue weighted by Gasteiger charge is 2.12. The van der Waals surface area contributed by atoms with Crippen molar-refractivity contribution in [3.05, 3.63) is 30.3 Å². The van der Waals surface area contributed by atoms with Crippen LogP contribution in [-0.4, -0.2) is 24.6 Å². The molecule has 86 valence electrons. The zero-order valence-corrected chi connectivity index (χ0v) is 8.88. The van der Waals surface area contributed by atoms with Gasteiger partial charge in [0.25, 0.3) is 0 Å². The first kappa shape index (κ1) is 12.2. The molecule has 1 aromatic rings. The molecule has 1 aromatic carbocycles. The van der Waals surface area contributed by atoms with Gasteiger partial charge in [-0.3, -0.25) is 4.79 Å². The van der Waals surface area contributed by atoms with Crippen molar-refractivity contribution < 1.29 is 19.1 Å². The molecule has 0 amide bonds. The first-order valence-electron chi connectivity index (χ1n) is 4.77. The van der Waals surface area contributed by atoms with Gasteiger partial charge >= 0.3 is 11.9 Å². The second kappa shape index (κ2) is 5.87. The van der Waals surface area contributed by atoms with Crippen LogP contribution in [0.15, 0.2) is 30.3 Å². The van der Waals surface area contributed by atoms with Crippen LogP contribution in [0.5, 0.6) is 5.75 Å². The normalized spacial score (nSPS) is 11.6. The summed E-state index contributed by atoms with van der Waals surface area (Å²) in [5.41, 5.74) is 5.25. The van der Waals surface area contributed by atoms with Gasteiger partial charge in [-0.15, -0.1) is 0 Å². The number of hydrogen-bond donors (Lipinski definition) is 1. The fourth-order valence-corrected chi connectivity index (χ4v) is 0.911. The Morgan fingerprint density at radius 2 is 1.94 bits per heavy atom. The van der Waals surface area contributed by atoms with Crippen LogP contribution in [0.1, 0.15) is 6.92 Å². The van der Waals surface area contributed by atoms with E-state index in [0.717, 1.165) is 0 Å².